The van der Waals surface area contributed by atoms with Crippen LogP contribution in [0.4, 0.5) is 11.6 Å². The van der Waals surface area contributed by atoms with E-state index in [1.807, 2.05) is 18.2 Å². The van der Waals surface area contributed by atoms with E-state index in [2.05, 4.69) is 15.3 Å². The number of fused-ring (bicyclic) bond motifs is 1. The third kappa shape index (κ3) is 2.81. The van der Waals surface area contributed by atoms with E-state index in [-0.39, 0.29) is 6.10 Å². The number of aliphatic hydroxyl groups is 1. The molecule has 0 bridgehead atoms. The number of nitrogens with two attached hydrogens (primary N) is 1. The van der Waals surface area contributed by atoms with Gasteiger partial charge in [0.25, 0.3) is 0 Å². The largest absolute Gasteiger partial charge is 0.399 e. The van der Waals surface area contributed by atoms with Crippen LogP contribution >= 0.6 is 0 Å². The molecule has 1 aliphatic rings. The Morgan fingerprint density at radius 1 is 1.32 bits per heavy atom. The standard InChI is InChI=1S/C14H20N4O/c15-10-3-6-12-13(7-10)18-14(17-12)16-8-9-1-4-11(19)5-2-9/h3,6-7,9,11,19H,1-2,4-5,8,15H2,(H2,16,17,18). The Kier molecular flexibility index (Phi) is 3.29. The maximum absolute atomic E-state index is 9.48. The summed E-state index contributed by atoms with van der Waals surface area (Å²) < 4.78 is 0. The van der Waals surface area contributed by atoms with Crippen molar-refractivity contribution in [3.63, 3.8) is 0 Å². The molecule has 1 aromatic heterocycles. The zero-order chi connectivity index (χ0) is 13.2. The van der Waals surface area contributed by atoms with Gasteiger partial charge in [-0.2, -0.15) is 0 Å². The van der Waals surface area contributed by atoms with Gasteiger partial charge in [-0.3, -0.25) is 0 Å². The number of hydrogen-bond donors (Lipinski definition) is 4. The molecule has 5 heteroatoms. The minimum absolute atomic E-state index is 0.0922. The molecular formula is C14H20N4O. The van der Waals surface area contributed by atoms with Gasteiger partial charge in [0.15, 0.2) is 0 Å². The second kappa shape index (κ2) is 5.09. The van der Waals surface area contributed by atoms with E-state index in [1.54, 1.807) is 0 Å². The molecule has 0 spiro atoms. The smallest absolute Gasteiger partial charge is 0.201 e. The van der Waals surface area contributed by atoms with E-state index >= 15 is 0 Å². The molecular weight excluding hydrogens is 240 g/mol. The molecule has 0 radical (unpaired) electrons. The number of benzene rings is 1. The Morgan fingerprint density at radius 3 is 2.89 bits per heavy atom. The van der Waals surface area contributed by atoms with E-state index < -0.39 is 0 Å². The van der Waals surface area contributed by atoms with Crippen LogP contribution < -0.4 is 11.1 Å². The van der Waals surface area contributed by atoms with Crippen LogP contribution in [-0.2, 0) is 0 Å². The highest BCUT2D eigenvalue weighted by molar-refractivity contribution is 5.80. The summed E-state index contributed by atoms with van der Waals surface area (Å²) in [4.78, 5) is 7.71. The van der Waals surface area contributed by atoms with Crippen molar-refractivity contribution in [2.75, 3.05) is 17.6 Å². The lowest BCUT2D eigenvalue weighted by Crippen LogP contribution is -2.23. The number of anilines is 2. The fraction of sp³-hybridized carbons (Fsp3) is 0.500. The minimum Gasteiger partial charge on any atom is -0.399 e. The summed E-state index contributed by atoms with van der Waals surface area (Å²) in [5.74, 6) is 1.42. The monoisotopic (exact) mass is 260 g/mol. The fourth-order valence-corrected chi connectivity index (χ4v) is 2.70. The molecule has 0 amide bonds. The van der Waals surface area contributed by atoms with Crippen molar-refractivity contribution in [1.82, 2.24) is 9.97 Å². The highest BCUT2D eigenvalue weighted by atomic mass is 16.3. The highest BCUT2D eigenvalue weighted by Crippen LogP contribution is 2.24. The third-order valence-corrected chi connectivity index (χ3v) is 3.88. The van der Waals surface area contributed by atoms with E-state index in [0.29, 0.717) is 5.92 Å². The Morgan fingerprint density at radius 2 is 2.11 bits per heavy atom. The van der Waals surface area contributed by atoms with Crippen molar-refractivity contribution in [3.8, 4) is 0 Å². The predicted octanol–water partition coefficient (Wildman–Crippen LogP) is 2.11. The topological polar surface area (TPSA) is 87.0 Å². The zero-order valence-corrected chi connectivity index (χ0v) is 10.9. The molecule has 1 aromatic carbocycles. The number of aromatic nitrogens is 2. The second-order valence-electron chi connectivity index (χ2n) is 5.42. The van der Waals surface area contributed by atoms with E-state index in [4.69, 9.17) is 5.73 Å². The van der Waals surface area contributed by atoms with Crippen LogP contribution in [0, 0.1) is 5.92 Å². The van der Waals surface area contributed by atoms with Crippen molar-refractivity contribution in [2.45, 2.75) is 31.8 Å². The number of aliphatic hydroxyl groups excluding tert-OH is 1. The quantitative estimate of drug-likeness (QED) is 0.637. The Labute approximate surface area is 112 Å². The number of nitrogens with zero attached hydrogens (tertiary/aromatic N) is 1. The van der Waals surface area contributed by atoms with Crippen LogP contribution in [-0.4, -0.2) is 27.7 Å². The Hall–Kier alpha value is -1.75. The first-order valence-corrected chi connectivity index (χ1v) is 6.88. The van der Waals surface area contributed by atoms with Crippen molar-refractivity contribution >= 4 is 22.7 Å². The van der Waals surface area contributed by atoms with E-state index in [1.165, 1.54) is 0 Å². The summed E-state index contributed by atoms with van der Waals surface area (Å²) >= 11 is 0. The predicted molar refractivity (Wildman–Crippen MR) is 77.0 cm³/mol. The van der Waals surface area contributed by atoms with Gasteiger partial charge in [0.1, 0.15) is 0 Å². The molecule has 1 aliphatic carbocycles. The van der Waals surface area contributed by atoms with Crippen LogP contribution in [0.5, 0.6) is 0 Å². The SMILES string of the molecule is Nc1ccc2nc(NCC3CCC(O)CC3)[nH]c2c1. The van der Waals surface area contributed by atoms with Gasteiger partial charge in [-0.05, 0) is 49.8 Å². The van der Waals surface area contributed by atoms with Crippen LogP contribution in [0.3, 0.4) is 0 Å². The molecule has 19 heavy (non-hydrogen) atoms. The van der Waals surface area contributed by atoms with Gasteiger partial charge >= 0.3 is 0 Å². The van der Waals surface area contributed by atoms with Crippen molar-refractivity contribution in [1.29, 1.82) is 0 Å². The second-order valence-corrected chi connectivity index (χ2v) is 5.42. The number of hydrogen-bond acceptors (Lipinski definition) is 4. The van der Waals surface area contributed by atoms with Gasteiger partial charge in [0, 0.05) is 12.2 Å². The molecule has 5 N–H and O–H groups in total. The lowest BCUT2D eigenvalue weighted by Gasteiger charge is -2.25. The van der Waals surface area contributed by atoms with Gasteiger partial charge in [-0.15, -0.1) is 0 Å². The van der Waals surface area contributed by atoms with Crippen LogP contribution in [0.1, 0.15) is 25.7 Å². The molecule has 0 unspecified atom stereocenters. The summed E-state index contributed by atoms with van der Waals surface area (Å²) in [5.41, 5.74) is 8.37. The van der Waals surface area contributed by atoms with Crippen LogP contribution in [0.25, 0.3) is 11.0 Å². The summed E-state index contributed by atoms with van der Waals surface area (Å²) in [6.07, 6.45) is 3.92. The van der Waals surface area contributed by atoms with Crippen molar-refractivity contribution in [3.05, 3.63) is 18.2 Å². The molecule has 0 saturated heterocycles. The molecule has 2 aromatic rings. The van der Waals surface area contributed by atoms with Gasteiger partial charge in [0.2, 0.25) is 5.95 Å². The Bertz CT molecular complexity index is 558. The fourth-order valence-electron chi connectivity index (χ4n) is 2.70. The average Bonchev–Trinajstić information content (AvgIpc) is 2.80. The first-order chi connectivity index (χ1) is 9.20. The molecule has 3 rings (SSSR count). The normalized spacial score (nSPS) is 23.6. The number of aromatic amines is 1. The van der Waals surface area contributed by atoms with Crippen molar-refractivity contribution < 1.29 is 5.11 Å². The number of imidazole rings is 1. The third-order valence-electron chi connectivity index (χ3n) is 3.88. The first kappa shape index (κ1) is 12.3. The van der Waals surface area contributed by atoms with E-state index in [9.17, 15) is 5.11 Å². The van der Waals surface area contributed by atoms with E-state index in [0.717, 1.165) is 54.9 Å². The number of nitrogens with one attached hydrogen (secondary N) is 2. The van der Waals surface area contributed by atoms with Crippen molar-refractivity contribution in [2.24, 2.45) is 5.92 Å². The van der Waals surface area contributed by atoms with Gasteiger partial charge in [-0.1, -0.05) is 0 Å². The molecule has 5 nitrogen and oxygen atoms in total. The summed E-state index contributed by atoms with van der Waals surface area (Å²) in [6, 6.07) is 5.67. The maximum Gasteiger partial charge on any atom is 0.201 e. The Balaban J connectivity index is 1.62. The molecule has 1 heterocycles. The zero-order valence-electron chi connectivity index (χ0n) is 10.9. The number of H-pyrrole nitrogens is 1. The molecule has 1 saturated carbocycles. The highest BCUT2D eigenvalue weighted by Gasteiger charge is 2.19. The summed E-state index contributed by atoms with van der Waals surface area (Å²) in [6.45, 7) is 0.905. The van der Waals surface area contributed by atoms with Gasteiger partial charge in [-0.25, -0.2) is 4.98 Å². The maximum atomic E-state index is 9.48. The van der Waals surface area contributed by atoms with Crippen LogP contribution in [0.2, 0.25) is 0 Å². The first-order valence-electron chi connectivity index (χ1n) is 6.88. The van der Waals surface area contributed by atoms with Gasteiger partial charge < -0.3 is 21.1 Å². The summed E-state index contributed by atoms with van der Waals surface area (Å²) in [7, 11) is 0. The van der Waals surface area contributed by atoms with Crippen LogP contribution in [0.15, 0.2) is 18.2 Å². The molecule has 1 fully saturated rings. The summed E-state index contributed by atoms with van der Waals surface area (Å²) in [5, 5.41) is 12.8. The number of rotatable bonds is 3. The minimum atomic E-state index is -0.0922. The molecule has 0 atom stereocenters. The molecule has 102 valence electrons. The lowest BCUT2D eigenvalue weighted by atomic mass is 9.87. The number of nitrogen functional groups attached to an aromatic ring is 1. The lowest BCUT2D eigenvalue weighted by molar-refractivity contribution is 0.111. The average molecular weight is 260 g/mol. The van der Waals surface area contributed by atoms with Gasteiger partial charge in [0.05, 0.1) is 17.1 Å². The molecule has 0 aliphatic heterocycles.